The van der Waals surface area contributed by atoms with E-state index in [0.29, 0.717) is 17.9 Å². The van der Waals surface area contributed by atoms with E-state index in [1.807, 2.05) is 25.1 Å². The zero-order valence-electron chi connectivity index (χ0n) is 9.51. The lowest BCUT2D eigenvalue weighted by molar-refractivity contribution is 1.00. The smallest absolute Gasteiger partial charge is 0.127 e. The summed E-state index contributed by atoms with van der Waals surface area (Å²) in [6.07, 6.45) is 1.62. The molecule has 4 nitrogen and oxygen atoms in total. The van der Waals surface area contributed by atoms with Gasteiger partial charge >= 0.3 is 0 Å². The van der Waals surface area contributed by atoms with Crippen molar-refractivity contribution in [2.75, 3.05) is 5.32 Å². The number of nitrogens with one attached hydrogen (secondary N) is 1. The molecule has 0 atom stereocenters. The monoisotopic (exact) mass is 224 g/mol. The first-order valence-corrected chi connectivity index (χ1v) is 5.30. The molecule has 0 saturated heterocycles. The van der Waals surface area contributed by atoms with E-state index in [9.17, 15) is 0 Å². The summed E-state index contributed by atoms with van der Waals surface area (Å²) in [6.45, 7) is 2.56. The van der Waals surface area contributed by atoms with E-state index in [1.165, 1.54) is 0 Å². The lowest BCUT2D eigenvalue weighted by Crippen LogP contribution is -2.03. The molecule has 1 N–H and O–H groups in total. The Morgan fingerprint density at radius 2 is 2.24 bits per heavy atom. The van der Waals surface area contributed by atoms with Gasteiger partial charge in [0.2, 0.25) is 0 Å². The molecule has 0 unspecified atom stereocenters. The van der Waals surface area contributed by atoms with Gasteiger partial charge in [0.1, 0.15) is 5.82 Å². The van der Waals surface area contributed by atoms with Crippen LogP contribution in [-0.4, -0.2) is 9.97 Å². The third kappa shape index (κ3) is 3.02. The maximum Gasteiger partial charge on any atom is 0.127 e. The zero-order valence-corrected chi connectivity index (χ0v) is 9.51. The van der Waals surface area contributed by atoms with Gasteiger partial charge in [-0.3, -0.25) is 4.98 Å². The SMILES string of the molecule is Cc1cccc(CNc2cc(C#N)ccn2)n1. The Kier molecular flexibility index (Phi) is 3.31. The highest BCUT2D eigenvalue weighted by Crippen LogP contribution is 2.07. The van der Waals surface area contributed by atoms with E-state index in [-0.39, 0.29) is 0 Å². The molecule has 0 aliphatic heterocycles. The molecular weight excluding hydrogens is 212 g/mol. The molecule has 2 aromatic rings. The van der Waals surface area contributed by atoms with Crippen molar-refractivity contribution in [2.24, 2.45) is 0 Å². The van der Waals surface area contributed by atoms with Crippen LogP contribution in [-0.2, 0) is 6.54 Å². The summed E-state index contributed by atoms with van der Waals surface area (Å²) >= 11 is 0. The second-order valence-corrected chi connectivity index (χ2v) is 3.67. The number of aryl methyl sites for hydroxylation is 1. The normalized spacial score (nSPS) is 9.65. The molecule has 0 bridgehead atoms. The van der Waals surface area contributed by atoms with Gasteiger partial charge in [0.25, 0.3) is 0 Å². The van der Waals surface area contributed by atoms with Gasteiger partial charge in [-0.2, -0.15) is 5.26 Å². The molecular formula is C13H12N4. The zero-order chi connectivity index (χ0) is 12.1. The molecule has 0 fully saturated rings. The van der Waals surface area contributed by atoms with Crippen LogP contribution in [0.15, 0.2) is 36.5 Å². The van der Waals surface area contributed by atoms with E-state index in [0.717, 1.165) is 11.4 Å². The van der Waals surface area contributed by atoms with Crippen LogP contribution in [0.2, 0.25) is 0 Å². The van der Waals surface area contributed by atoms with Gasteiger partial charge in [-0.05, 0) is 31.2 Å². The van der Waals surface area contributed by atoms with Gasteiger partial charge in [0.15, 0.2) is 0 Å². The van der Waals surface area contributed by atoms with E-state index in [2.05, 4.69) is 21.4 Å². The Morgan fingerprint density at radius 3 is 3.00 bits per heavy atom. The quantitative estimate of drug-likeness (QED) is 0.868. The van der Waals surface area contributed by atoms with E-state index in [1.54, 1.807) is 18.3 Å². The minimum atomic E-state index is 0.597. The summed E-state index contributed by atoms with van der Waals surface area (Å²) in [5.74, 6) is 0.687. The molecule has 0 aliphatic rings. The first kappa shape index (κ1) is 11.1. The van der Waals surface area contributed by atoms with Gasteiger partial charge < -0.3 is 5.32 Å². The molecule has 17 heavy (non-hydrogen) atoms. The fourth-order valence-electron chi connectivity index (χ4n) is 1.48. The standard InChI is InChI=1S/C13H12N4/c1-10-3-2-4-12(17-10)9-16-13-7-11(8-14)5-6-15-13/h2-7H,9H2,1H3,(H,15,16). The lowest BCUT2D eigenvalue weighted by atomic mass is 10.3. The molecule has 0 amide bonds. The fourth-order valence-corrected chi connectivity index (χ4v) is 1.48. The first-order valence-electron chi connectivity index (χ1n) is 5.30. The molecule has 0 radical (unpaired) electrons. The minimum absolute atomic E-state index is 0.597. The number of nitriles is 1. The Hall–Kier alpha value is -2.41. The Balaban J connectivity index is 2.05. The Morgan fingerprint density at radius 1 is 1.35 bits per heavy atom. The maximum absolute atomic E-state index is 8.77. The number of anilines is 1. The van der Waals surface area contributed by atoms with Crippen molar-refractivity contribution >= 4 is 5.82 Å². The average Bonchev–Trinajstić information content (AvgIpc) is 2.37. The number of hydrogen-bond acceptors (Lipinski definition) is 4. The molecule has 0 saturated carbocycles. The van der Waals surface area contributed by atoms with E-state index < -0.39 is 0 Å². The highest BCUT2D eigenvalue weighted by Gasteiger charge is 1.98. The van der Waals surface area contributed by atoms with Crippen molar-refractivity contribution in [3.63, 3.8) is 0 Å². The number of pyridine rings is 2. The van der Waals surface area contributed by atoms with Gasteiger partial charge in [-0.15, -0.1) is 0 Å². The fraction of sp³-hybridized carbons (Fsp3) is 0.154. The number of rotatable bonds is 3. The number of hydrogen-bond donors (Lipinski definition) is 1. The highest BCUT2D eigenvalue weighted by atomic mass is 15.0. The second kappa shape index (κ2) is 5.08. The topological polar surface area (TPSA) is 61.6 Å². The summed E-state index contributed by atoms with van der Waals surface area (Å²) < 4.78 is 0. The van der Waals surface area contributed by atoms with Crippen LogP contribution in [0.3, 0.4) is 0 Å². The summed E-state index contributed by atoms with van der Waals surface area (Å²) in [5, 5.41) is 11.9. The molecule has 0 aliphatic carbocycles. The van der Waals surface area contributed by atoms with Crippen LogP contribution in [0.1, 0.15) is 17.0 Å². The molecule has 0 spiro atoms. The summed E-state index contributed by atoms with van der Waals surface area (Å²) in [4.78, 5) is 8.51. The Labute approximate surface area is 100.0 Å². The summed E-state index contributed by atoms with van der Waals surface area (Å²) in [6, 6.07) is 11.4. The lowest BCUT2D eigenvalue weighted by Gasteiger charge is -2.05. The molecule has 4 heteroatoms. The maximum atomic E-state index is 8.77. The minimum Gasteiger partial charge on any atom is -0.364 e. The van der Waals surface area contributed by atoms with E-state index in [4.69, 9.17) is 5.26 Å². The summed E-state index contributed by atoms with van der Waals surface area (Å²) in [7, 11) is 0. The van der Waals surface area contributed by atoms with Crippen LogP contribution in [0, 0.1) is 18.3 Å². The molecule has 0 aromatic carbocycles. The van der Waals surface area contributed by atoms with Gasteiger partial charge in [-0.25, -0.2) is 4.98 Å². The number of nitrogens with zero attached hydrogens (tertiary/aromatic N) is 3. The third-order valence-electron chi connectivity index (χ3n) is 2.29. The van der Waals surface area contributed by atoms with Crippen molar-refractivity contribution in [1.29, 1.82) is 5.26 Å². The largest absolute Gasteiger partial charge is 0.364 e. The van der Waals surface area contributed by atoms with Crippen molar-refractivity contribution in [2.45, 2.75) is 13.5 Å². The molecule has 2 rings (SSSR count). The van der Waals surface area contributed by atoms with E-state index >= 15 is 0 Å². The molecule has 84 valence electrons. The predicted octanol–water partition coefficient (Wildman–Crippen LogP) is 2.27. The highest BCUT2D eigenvalue weighted by molar-refractivity contribution is 5.42. The van der Waals surface area contributed by atoms with Crippen molar-refractivity contribution in [1.82, 2.24) is 9.97 Å². The Bertz CT molecular complexity index is 557. The second-order valence-electron chi connectivity index (χ2n) is 3.67. The van der Waals surface area contributed by atoms with Gasteiger partial charge in [0, 0.05) is 11.9 Å². The third-order valence-corrected chi connectivity index (χ3v) is 2.29. The van der Waals surface area contributed by atoms with Crippen molar-refractivity contribution in [3.8, 4) is 6.07 Å². The van der Waals surface area contributed by atoms with Crippen LogP contribution in [0.5, 0.6) is 0 Å². The predicted molar refractivity (Wildman–Crippen MR) is 65.3 cm³/mol. The van der Waals surface area contributed by atoms with Crippen molar-refractivity contribution < 1.29 is 0 Å². The molecule has 2 aromatic heterocycles. The van der Waals surface area contributed by atoms with Gasteiger partial charge in [-0.1, -0.05) is 6.07 Å². The molecule has 2 heterocycles. The van der Waals surface area contributed by atoms with Crippen LogP contribution < -0.4 is 5.32 Å². The summed E-state index contributed by atoms with van der Waals surface area (Å²) in [5.41, 5.74) is 2.54. The van der Waals surface area contributed by atoms with Gasteiger partial charge in [0.05, 0.1) is 23.9 Å². The van der Waals surface area contributed by atoms with Crippen LogP contribution in [0.4, 0.5) is 5.82 Å². The first-order chi connectivity index (χ1) is 8.28. The van der Waals surface area contributed by atoms with Crippen molar-refractivity contribution in [3.05, 3.63) is 53.5 Å². The van der Waals surface area contributed by atoms with Crippen LogP contribution in [0.25, 0.3) is 0 Å². The van der Waals surface area contributed by atoms with Crippen LogP contribution >= 0.6 is 0 Å². The number of aromatic nitrogens is 2. The average molecular weight is 224 g/mol.